The molecule has 6 N–H and O–H groups in total. The number of esters is 1. The number of phenols is 2. The topological polar surface area (TPSA) is 242 Å². The Labute approximate surface area is 354 Å². The highest BCUT2D eigenvalue weighted by molar-refractivity contribution is 6.21. The van der Waals surface area contributed by atoms with Crippen LogP contribution in [0.2, 0.25) is 0 Å². The molecule has 4 heterocycles. The third-order valence-corrected chi connectivity index (χ3v) is 10.9. The molecule has 0 saturated carbocycles. The first-order chi connectivity index (χ1) is 28.7. The second-order valence-corrected chi connectivity index (χ2v) is 15.3. The minimum Gasteiger partial charge on any atom is -0.670 e. The number of aliphatic hydroxyl groups is 2. The van der Waals surface area contributed by atoms with Gasteiger partial charge in [0.25, 0.3) is 11.7 Å². The van der Waals surface area contributed by atoms with Crippen LogP contribution >= 0.6 is 0 Å². The van der Waals surface area contributed by atoms with Crippen LogP contribution in [0, 0.1) is 30.6 Å². The number of allylic oxidation sites excluding steroid dienone is 6. The predicted molar refractivity (Wildman–Crippen MR) is 226 cm³/mol. The third-order valence-electron chi connectivity index (χ3n) is 10.9. The number of nitrogens with zero attached hydrogens (tertiary/aromatic N) is 1. The second-order valence-electron chi connectivity index (χ2n) is 15.3. The number of aromatic hydroxyl groups is 2. The van der Waals surface area contributed by atoms with Crippen LogP contribution in [0.25, 0.3) is 16.1 Å². The van der Waals surface area contributed by atoms with Gasteiger partial charge in [-0.3, -0.25) is 14.4 Å². The largest absolute Gasteiger partial charge is 0.670 e. The molecule has 0 fully saturated rings. The molecule has 16 nitrogen and oxygen atoms in total. The molecule has 4 aliphatic rings. The van der Waals surface area contributed by atoms with Crippen molar-refractivity contribution in [1.29, 1.82) is 0 Å². The molecule has 6 rings (SSSR count). The van der Waals surface area contributed by atoms with Crippen molar-refractivity contribution in [2.45, 2.75) is 85.6 Å². The van der Waals surface area contributed by atoms with Crippen LogP contribution < -0.4 is 14.8 Å². The number of nitrogens with one attached hydrogen (secondary N) is 1. The Hall–Kier alpha value is -6.10. The van der Waals surface area contributed by atoms with Crippen LogP contribution in [0.3, 0.4) is 0 Å². The van der Waals surface area contributed by atoms with Gasteiger partial charge in [-0.15, -0.1) is 0 Å². The third kappa shape index (κ3) is 10.8. The van der Waals surface area contributed by atoms with Gasteiger partial charge in [-0.25, -0.2) is 4.79 Å². The number of aliphatic hydroxyl groups excluding tert-OH is 2. The van der Waals surface area contributed by atoms with E-state index in [1.165, 1.54) is 53.2 Å². The van der Waals surface area contributed by atoms with Gasteiger partial charge in [-0.2, -0.15) is 12.4 Å². The number of rotatable bonds is 5. The molecule has 16 heteroatoms. The molecule has 0 saturated heterocycles. The lowest BCUT2D eigenvalue weighted by Crippen LogP contribution is -2.46. The number of phenolic OH excluding ortho intramolecular Hbond substituents is 2. The number of amides is 1. The number of carbonyl (C=O) groups excluding carboxylic acids is 3. The second kappa shape index (κ2) is 20.4. The van der Waals surface area contributed by atoms with E-state index < -0.39 is 95.6 Å². The predicted octanol–water partition coefficient (Wildman–Crippen LogP) is 6.47. The van der Waals surface area contributed by atoms with Crippen molar-refractivity contribution < 1.29 is 68.4 Å². The van der Waals surface area contributed by atoms with Gasteiger partial charge in [0.15, 0.2) is 12.4 Å². The summed E-state index contributed by atoms with van der Waals surface area (Å²) in [6.07, 6.45) is 14.5. The first-order valence-corrected chi connectivity index (χ1v) is 19.6. The maximum atomic E-state index is 14.2. The zero-order chi connectivity index (χ0) is 45.3. The first-order valence-electron chi connectivity index (χ1n) is 19.6. The summed E-state index contributed by atoms with van der Waals surface area (Å²) in [4.78, 5) is 51.3. The molecule has 61 heavy (non-hydrogen) atoms. The Balaban J connectivity index is 0.00000106. The monoisotopic (exact) mass is 847 g/mol. The van der Waals surface area contributed by atoms with Crippen molar-refractivity contribution in [3.05, 3.63) is 95.4 Å². The fourth-order valence-corrected chi connectivity index (χ4v) is 7.26. The van der Waals surface area contributed by atoms with Crippen LogP contribution in [0.1, 0.15) is 64.4 Å². The maximum Gasteiger partial charge on any atom is 0.341 e. The van der Waals surface area contributed by atoms with Crippen LogP contribution in [0.5, 0.6) is 23.0 Å². The van der Waals surface area contributed by atoms with Gasteiger partial charge in [-0.05, 0) is 19.9 Å². The van der Waals surface area contributed by atoms with Gasteiger partial charge in [0.1, 0.15) is 23.4 Å². The lowest BCUT2D eigenvalue weighted by molar-refractivity contribution is -0.160. The van der Waals surface area contributed by atoms with Crippen molar-refractivity contribution in [3.63, 3.8) is 0 Å². The summed E-state index contributed by atoms with van der Waals surface area (Å²) < 4.78 is 28.9. The number of Topliss-reactive ketones (excluding diaryl/α,β-unsaturated/α-hetero) is 1. The quantitative estimate of drug-likeness (QED) is 0.140. The molecule has 0 aromatic heterocycles. The lowest BCUT2D eigenvalue weighted by atomic mass is 9.78. The lowest BCUT2D eigenvalue weighted by Gasteiger charge is -2.38. The van der Waals surface area contributed by atoms with E-state index in [1.54, 1.807) is 52.2 Å². The zero-order valence-corrected chi connectivity index (χ0v) is 35.6. The van der Waals surface area contributed by atoms with Gasteiger partial charge in [-0.1, -0.05) is 70.2 Å². The molecule has 0 unspecified atom stereocenters. The van der Waals surface area contributed by atoms with E-state index in [0.29, 0.717) is 0 Å². The SMILES string of the molecule is C1=CC=C[N-]C=C1.CO[C@H]1/C=C/O[C@@]2(C)Oc3c(C)c(O)c4c(O)c(cc(OCC(=O)O)c4c3C2=O)NC(=O)/C(C)=C\C=C\[C@H](C)[C@H](O)[C@@H](C)[C@@H](O)[C@@H](C)[C@H](OC(C)=O)[C@@H]1C. The molecular formula is C45H55N2O14-. The number of anilines is 1. The Morgan fingerprint density at radius 3 is 2.16 bits per heavy atom. The molecule has 2 aromatic rings. The van der Waals surface area contributed by atoms with Crippen molar-refractivity contribution in [2.75, 3.05) is 19.0 Å². The van der Waals surface area contributed by atoms with Crippen molar-refractivity contribution in [1.82, 2.24) is 0 Å². The minimum absolute atomic E-state index is 0.0301. The van der Waals surface area contributed by atoms with Crippen molar-refractivity contribution in [2.24, 2.45) is 23.7 Å². The Morgan fingerprint density at radius 2 is 1.56 bits per heavy atom. The molecule has 0 aliphatic carbocycles. The number of benzene rings is 2. The van der Waals surface area contributed by atoms with E-state index in [4.69, 9.17) is 23.7 Å². The van der Waals surface area contributed by atoms with E-state index in [9.17, 15) is 44.7 Å². The summed E-state index contributed by atoms with van der Waals surface area (Å²) in [6, 6.07) is 1.13. The standard InChI is InChI=1S/C39H49NO14.C6H6N/c1-17-11-10-12-18(2)38(49)40-24-15-26(51-16-27(42)43)28-29(34(24)47)33(46)22(6)36-30(28)37(48)39(8,54-36)52-14-13-25(50-9)19(3)35(53-23(7)41)21(5)32(45)20(4)31(17)44;1-2-4-6-7-5-3-1/h10-15,17,19-21,25,31-32,35,44-47H,16H2,1-9H3,(H,40,49)(H,42,43);1-6H/q;-1/b11-10+,14-13+,18-12-;/t17-,19+,20+,21+,25-,31-,32+,35+,39-;/m0./s1. The Kier molecular flexibility index (Phi) is 15.9. The zero-order valence-electron chi connectivity index (χ0n) is 35.6. The Morgan fingerprint density at radius 1 is 0.902 bits per heavy atom. The van der Waals surface area contributed by atoms with Gasteiger partial charge in [0.2, 0.25) is 0 Å². The summed E-state index contributed by atoms with van der Waals surface area (Å²) in [6.45, 7) is 11.4. The molecule has 0 radical (unpaired) electrons. The summed E-state index contributed by atoms with van der Waals surface area (Å²) in [5.74, 6) is -9.54. The van der Waals surface area contributed by atoms with Crippen LogP contribution in [-0.2, 0) is 28.6 Å². The number of hydrogen-bond acceptors (Lipinski definition) is 13. The molecule has 9 atom stereocenters. The van der Waals surface area contributed by atoms with Crippen molar-refractivity contribution in [3.8, 4) is 23.0 Å². The highest BCUT2D eigenvalue weighted by atomic mass is 16.7. The van der Waals surface area contributed by atoms with Crippen molar-refractivity contribution >= 4 is 40.1 Å². The molecule has 2 aromatic carbocycles. The van der Waals surface area contributed by atoms with E-state index in [2.05, 4.69) is 10.6 Å². The summed E-state index contributed by atoms with van der Waals surface area (Å²) >= 11 is 0. The molecule has 5 bridgehead atoms. The van der Waals surface area contributed by atoms with Crippen LogP contribution in [-0.4, -0.2) is 93.1 Å². The summed E-state index contributed by atoms with van der Waals surface area (Å²) in [5, 5.41) is 60.8. The minimum atomic E-state index is -2.05. The van der Waals surface area contributed by atoms with Gasteiger partial charge in [0.05, 0.1) is 41.2 Å². The average molecular weight is 848 g/mol. The first kappa shape index (κ1) is 47.6. The summed E-state index contributed by atoms with van der Waals surface area (Å²) in [5.41, 5.74) is -0.251. The fraction of sp³-hybridized carbons (Fsp3) is 0.422. The number of ketones is 1. The van der Waals surface area contributed by atoms with E-state index in [-0.39, 0.29) is 44.7 Å². The van der Waals surface area contributed by atoms with Crippen LogP contribution in [0.15, 0.2) is 78.9 Å². The fourth-order valence-electron chi connectivity index (χ4n) is 7.26. The maximum absolute atomic E-state index is 14.2. The molecule has 0 spiro atoms. The molecule has 330 valence electrons. The number of methoxy groups -OCH3 is 1. The average Bonchev–Trinajstić information content (AvgIpc) is 3.39. The molecule has 1 amide bonds. The number of carboxylic acids is 1. The van der Waals surface area contributed by atoms with E-state index in [1.807, 2.05) is 24.3 Å². The Bertz CT molecular complexity index is 2160. The number of hydrogen-bond donors (Lipinski definition) is 6. The van der Waals surface area contributed by atoms with Gasteiger partial charge in [0, 0.05) is 67.2 Å². The van der Waals surface area contributed by atoms with E-state index in [0.717, 1.165) is 6.07 Å². The van der Waals surface area contributed by atoms with Gasteiger partial charge < -0.3 is 59.9 Å². The number of aliphatic carboxylic acids is 1. The molecular weight excluding hydrogens is 792 g/mol. The normalized spacial score (nSPS) is 29.7. The highest BCUT2D eigenvalue weighted by Gasteiger charge is 2.49. The molecule has 4 aliphatic heterocycles. The number of ether oxygens (including phenoxy) is 5. The van der Waals surface area contributed by atoms with Crippen LogP contribution in [0.4, 0.5) is 5.69 Å². The highest BCUT2D eigenvalue weighted by Crippen LogP contribution is 2.54. The van der Waals surface area contributed by atoms with E-state index >= 15 is 0 Å². The number of carbonyl (C=O) groups is 4. The number of carboxylic acid groups (broad SMARTS) is 1. The summed E-state index contributed by atoms with van der Waals surface area (Å²) in [7, 11) is 1.41. The smallest absolute Gasteiger partial charge is 0.341 e. The van der Waals surface area contributed by atoms with Gasteiger partial charge >= 0.3 is 17.7 Å². The number of fused-ring (bicyclic) bond motifs is 14.